The quantitative estimate of drug-likeness (QED) is 0.752. The Hall–Kier alpha value is -0.180. The van der Waals surface area contributed by atoms with E-state index < -0.39 is 25.4 Å². The van der Waals surface area contributed by atoms with Crippen molar-refractivity contribution in [3.05, 3.63) is 0 Å². The molecule has 6 nitrogen and oxygen atoms in total. The predicted molar refractivity (Wildman–Crippen MR) is 80.7 cm³/mol. The second kappa shape index (κ2) is 6.29. The molecule has 0 spiro atoms. The Labute approximate surface area is 122 Å². The molecule has 0 aliphatic heterocycles. The minimum absolute atomic E-state index is 0.272. The van der Waals surface area contributed by atoms with Crippen molar-refractivity contribution in [1.29, 1.82) is 0 Å². The fourth-order valence-electron chi connectivity index (χ4n) is 2.64. The summed E-state index contributed by atoms with van der Waals surface area (Å²) in [4.78, 5) is 0. The van der Waals surface area contributed by atoms with Crippen LogP contribution in [0.2, 0.25) is 0 Å². The first-order chi connectivity index (χ1) is 9.02. The van der Waals surface area contributed by atoms with Gasteiger partial charge in [-0.15, -0.1) is 0 Å². The van der Waals surface area contributed by atoms with Gasteiger partial charge in [0.1, 0.15) is 9.84 Å². The van der Waals surface area contributed by atoms with Crippen molar-refractivity contribution in [2.24, 2.45) is 11.7 Å². The Kier molecular flexibility index (Phi) is 5.62. The van der Waals surface area contributed by atoms with Gasteiger partial charge in [-0.2, -0.15) is 4.31 Å². The summed E-state index contributed by atoms with van der Waals surface area (Å²) in [5, 5.41) is 0. The van der Waals surface area contributed by atoms with E-state index in [9.17, 15) is 16.8 Å². The Bertz CT molecular complexity index is 520. The molecule has 120 valence electrons. The zero-order valence-electron chi connectivity index (χ0n) is 12.5. The van der Waals surface area contributed by atoms with Gasteiger partial charge in [0.05, 0.1) is 11.5 Å². The minimum atomic E-state index is -3.61. The number of nitrogens with zero attached hydrogens (tertiary/aromatic N) is 1. The number of hydrogen-bond acceptors (Lipinski definition) is 5. The van der Waals surface area contributed by atoms with Crippen LogP contribution in [0.15, 0.2) is 0 Å². The van der Waals surface area contributed by atoms with Crippen LogP contribution in [0.1, 0.15) is 32.6 Å². The molecule has 2 N–H and O–H groups in total. The van der Waals surface area contributed by atoms with Gasteiger partial charge >= 0.3 is 0 Å². The fourth-order valence-corrected chi connectivity index (χ4v) is 5.81. The van der Waals surface area contributed by atoms with E-state index in [1.165, 1.54) is 11.4 Å². The molecular weight excluding hydrogens is 300 g/mol. The lowest BCUT2D eigenvalue weighted by atomic mass is 9.77. The van der Waals surface area contributed by atoms with Gasteiger partial charge < -0.3 is 5.73 Å². The second-order valence-corrected chi connectivity index (χ2v) is 10.4. The zero-order valence-corrected chi connectivity index (χ0v) is 14.1. The highest BCUT2D eigenvalue weighted by Crippen LogP contribution is 2.36. The lowest BCUT2D eigenvalue weighted by molar-refractivity contribution is 0.135. The molecule has 0 aromatic rings. The summed E-state index contributed by atoms with van der Waals surface area (Å²) in [7, 11) is -5.37. The van der Waals surface area contributed by atoms with E-state index in [2.05, 4.69) is 6.92 Å². The van der Waals surface area contributed by atoms with Gasteiger partial charge in [-0.05, 0) is 31.6 Å². The molecule has 20 heavy (non-hydrogen) atoms. The van der Waals surface area contributed by atoms with Gasteiger partial charge in [0.25, 0.3) is 0 Å². The number of sulfone groups is 1. The first-order valence-corrected chi connectivity index (χ1v) is 10.5. The Morgan fingerprint density at radius 1 is 1.15 bits per heavy atom. The summed E-state index contributed by atoms with van der Waals surface area (Å²) in [5.74, 6) is -0.141. The molecule has 1 saturated carbocycles. The van der Waals surface area contributed by atoms with Crippen molar-refractivity contribution in [3.63, 3.8) is 0 Å². The molecule has 0 aromatic carbocycles. The molecule has 0 atom stereocenters. The number of likely N-dealkylation sites (N-methyl/N-ethyl adjacent to an activating group) is 1. The van der Waals surface area contributed by atoms with E-state index in [1.54, 1.807) is 0 Å². The van der Waals surface area contributed by atoms with E-state index >= 15 is 0 Å². The largest absolute Gasteiger partial charge is 0.329 e. The first kappa shape index (κ1) is 17.9. The Morgan fingerprint density at radius 3 is 2.05 bits per heavy atom. The molecule has 1 aliphatic rings. The maximum absolute atomic E-state index is 12.3. The van der Waals surface area contributed by atoms with Crippen LogP contribution in [-0.4, -0.2) is 58.0 Å². The maximum atomic E-state index is 12.3. The van der Waals surface area contributed by atoms with Gasteiger partial charge in [-0.1, -0.05) is 6.92 Å². The predicted octanol–water partition coefficient (Wildman–Crippen LogP) is 0.200. The molecule has 1 fully saturated rings. The Balaban J connectivity index is 2.87. The van der Waals surface area contributed by atoms with Gasteiger partial charge in [0.15, 0.2) is 0 Å². The van der Waals surface area contributed by atoms with Gasteiger partial charge in [-0.25, -0.2) is 16.8 Å². The molecule has 1 rings (SSSR count). The van der Waals surface area contributed by atoms with Crippen molar-refractivity contribution in [2.75, 3.05) is 31.4 Å². The minimum Gasteiger partial charge on any atom is -0.329 e. The van der Waals surface area contributed by atoms with E-state index in [0.717, 1.165) is 31.9 Å². The molecule has 0 bridgehead atoms. The lowest BCUT2D eigenvalue weighted by Crippen LogP contribution is -2.56. The molecule has 0 unspecified atom stereocenters. The van der Waals surface area contributed by atoms with Crippen LogP contribution in [0.4, 0.5) is 0 Å². The van der Waals surface area contributed by atoms with E-state index in [0.29, 0.717) is 5.92 Å². The van der Waals surface area contributed by atoms with Crippen molar-refractivity contribution < 1.29 is 16.8 Å². The molecule has 8 heteroatoms. The molecule has 0 saturated heterocycles. The molecular formula is C12H26N2O4S2. The van der Waals surface area contributed by atoms with Crippen LogP contribution in [0.5, 0.6) is 0 Å². The summed E-state index contributed by atoms with van der Waals surface area (Å²) < 4.78 is 48.3. The third kappa shape index (κ3) is 4.41. The lowest BCUT2D eigenvalue weighted by Gasteiger charge is -2.44. The van der Waals surface area contributed by atoms with Gasteiger partial charge in [-0.3, -0.25) is 0 Å². The SMILES string of the molecule is CC1CCC(CN)(N(C)S(=O)(=O)CCS(C)(=O)=O)CC1. The average Bonchev–Trinajstić information content (AvgIpc) is 2.36. The summed E-state index contributed by atoms with van der Waals surface area (Å²) >= 11 is 0. The summed E-state index contributed by atoms with van der Waals surface area (Å²) in [5.41, 5.74) is 5.29. The zero-order chi connectivity index (χ0) is 15.6. The highest BCUT2D eigenvalue weighted by atomic mass is 32.2. The summed E-state index contributed by atoms with van der Waals surface area (Å²) in [6.07, 6.45) is 4.41. The van der Waals surface area contributed by atoms with Crippen molar-refractivity contribution in [2.45, 2.75) is 38.1 Å². The van der Waals surface area contributed by atoms with Gasteiger partial charge in [0.2, 0.25) is 10.0 Å². The highest BCUT2D eigenvalue weighted by Gasteiger charge is 2.42. The maximum Gasteiger partial charge on any atom is 0.215 e. The van der Waals surface area contributed by atoms with Crippen LogP contribution in [0.3, 0.4) is 0 Å². The van der Waals surface area contributed by atoms with E-state index in [1.807, 2.05) is 0 Å². The molecule has 0 aromatic heterocycles. The van der Waals surface area contributed by atoms with Crippen LogP contribution in [0.25, 0.3) is 0 Å². The highest BCUT2D eigenvalue weighted by molar-refractivity contribution is 7.93. The second-order valence-electron chi connectivity index (χ2n) is 6.02. The molecule has 0 radical (unpaired) electrons. The number of sulfonamides is 1. The topological polar surface area (TPSA) is 97.5 Å². The van der Waals surface area contributed by atoms with E-state index in [-0.39, 0.29) is 18.1 Å². The molecule has 1 aliphatic carbocycles. The Morgan fingerprint density at radius 2 is 1.65 bits per heavy atom. The summed E-state index contributed by atoms with van der Waals surface area (Å²) in [6, 6.07) is 0. The molecule has 0 heterocycles. The monoisotopic (exact) mass is 326 g/mol. The average molecular weight is 326 g/mol. The van der Waals surface area contributed by atoms with E-state index in [4.69, 9.17) is 5.73 Å². The molecule has 0 amide bonds. The van der Waals surface area contributed by atoms with Crippen molar-refractivity contribution in [1.82, 2.24) is 4.31 Å². The van der Waals surface area contributed by atoms with Crippen LogP contribution in [-0.2, 0) is 19.9 Å². The third-order valence-corrected chi connectivity index (χ3v) is 7.53. The van der Waals surface area contributed by atoms with Crippen LogP contribution < -0.4 is 5.73 Å². The normalized spacial score (nSPS) is 28.8. The fraction of sp³-hybridized carbons (Fsp3) is 1.00. The first-order valence-electron chi connectivity index (χ1n) is 6.87. The summed E-state index contributed by atoms with van der Waals surface area (Å²) in [6.45, 7) is 2.42. The third-order valence-electron chi connectivity index (χ3n) is 4.38. The number of rotatable bonds is 6. The van der Waals surface area contributed by atoms with Gasteiger partial charge in [0, 0.05) is 25.4 Å². The van der Waals surface area contributed by atoms with Crippen LogP contribution in [0, 0.1) is 5.92 Å². The van der Waals surface area contributed by atoms with Crippen LogP contribution >= 0.6 is 0 Å². The van der Waals surface area contributed by atoms with Crippen molar-refractivity contribution in [3.8, 4) is 0 Å². The number of hydrogen-bond donors (Lipinski definition) is 1. The number of nitrogens with two attached hydrogens (primary N) is 1. The smallest absolute Gasteiger partial charge is 0.215 e. The van der Waals surface area contributed by atoms with Crippen molar-refractivity contribution >= 4 is 19.9 Å². The standard InChI is InChI=1S/C12H26N2O4S2/c1-11-4-6-12(10-13,7-5-11)14(2)20(17,18)9-8-19(3,15)16/h11H,4-10,13H2,1-3H3.